The predicted octanol–water partition coefficient (Wildman–Crippen LogP) is 4.30. The number of halogens is 1. The first-order valence-corrected chi connectivity index (χ1v) is 14.2. The van der Waals surface area contributed by atoms with Crippen molar-refractivity contribution in [2.24, 2.45) is 23.5 Å². The van der Waals surface area contributed by atoms with Crippen molar-refractivity contribution in [3.63, 3.8) is 0 Å². The van der Waals surface area contributed by atoms with E-state index in [1.165, 1.54) is 6.07 Å². The van der Waals surface area contributed by atoms with Crippen molar-refractivity contribution in [2.75, 3.05) is 13.7 Å². The molecule has 9 heteroatoms. The summed E-state index contributed by atoms with van der Waals surface area (Å²) in [6.45, 7) is 4.08. The van der Waals surface area contributed by atoms with E-state index in [4.69, 9.17) is 15.5 Å². The zero-order chi connectivity index (χ0) is 27.1. The summed E-state index contributed by atoms with van der Waals surface area (Å²) in [5.74, 6) is 1.22. The van der Waals surface area contributed by atoms with E-state index in [9.17, 15) is 10.1 Å². The van der Waals surface area contributed by atoms with Crippen LogP contribution in [0.25, 0.3) is 22.6 Å². The van der Waals surface area contributed by atoms with E-state index in [-0.39, 0.29) is 23.6 Å². The monoisotopic (exact) mass is 530 g/mol. The summed E-state index contributed by atoms with van der Waals surface area (Å²) in [5.41, 5.74) is 8.78. The van der Waals surface area contributed by atoms with Crippen LogP contribution in [0.1, 0.15) is 61.5 Å². The van der Waals surface area contributed by atoms with Crippen LogP contribution in [-0.2, 0) is 17.8 Å². The van der Waals surface area contributed by atoms with Crippen LogP contribution in [0.3, 0.4) is 0 Å². The summed E-state index contributed by atoms with van der Waals surface area (Å²) < 4.78 is 25.7. The average Bonchev–Trinajstić information content (AvgIpc) is 3.22. The SMILES string of the molecule is CO[C@]1(C)C[C@H](Cn2c(-c3ccc(C#N)n3CC3CC3)nc3cc(C(=O)N4C[C@H]5CC[C@@H]4[C@@H]5N)cc(F)c32)C1. The van der Waals surface area contributed by atoms with Gasteiger partial charge in [-0.1, -0.05) is 0 Å². The zero-order valence-electron chi connectivity index (χ0n) is 22.6. The molecule has 1 aromatic carbocycles. The fraction of sp³-hybridized carbons (Fsp3) is 0.567. The Hall–Kier alpha value is -3.22. The molecule has 39 heavy (non-hydrogen) atoms. The molecule has 4 fully saturated rings. The summed E-state index contributed by atoms with van der Waals surface area (Å²) in [5, 5.41) is 9.78. The van der Waals surface area contributed by atoms with Gasteiger partial charge in [0.25, 0.3) is 5.91 Å². The number of fused-ring (bicyclic) bond motifs is 3. The molecule has 2 bridgehead atoms. The Morgan fingerprint density at radius 1 is 1.18 bits per heavy atom. The molecule has 1 amide bonds. The highest BCUT2D eigenvalue weighted by molar-refractivity contribution is 5.98. The van der Waals surface area contributed by atoms with Crippen molar-refractivity contribution in [3.05, 3.63) is 41.3 Å². The highest BCUT2D eigenvalue weighted by Crippen LogP contribution is 2.43. The third-order valence-corrected chi connectivity index (χ3v) is 9.79. The number of nitrogens with two attached hydrogens (primary N) is 1. The summed E-state index contributed by atoms with van der Waals surface area (Å²) in [4.78, 5) is 20.3. The van der Waals surface area contributed by atoms with E-state index in [0.29, 0.717) is 59.0 Å². The molecule has 3 aliphatic carbocycles. The number of nitriles is 1. The predicted molar refractivity (Wildman–Crippen MR) is 144 cm³/mol. The van der Waals surface area contributed by atoms with Crippen LogP contribution in [0, 0.1) is 34.9 Å². The molecule has 2 aromatic heterocycles. The molecule has 204 valence electrons. The highest BCUT2D eigenvalue weighted by atomic mass is 19.1. The van der Waals surface area contributed by atoms with Crippen LogP contribution in [0.4, 0.5) is 4.39 Å². The Bertz CT molecular complexity index is 1510. The van der Waals surface area contributed by atoms with Crippen molar-refractivity contribution in [3.8, 4) is 17.6 Å². The second-order valence-corrected chi connectivity index (χ2v) is 12.5. The van der Waals surface area contributed by atoms with Crippen molar-refractivity contribution < 1.29 is 13.9 Å². The molecule has 2 N–H and O–H groups in total. The molecule has 3 atom stereocenters. The number of nitrogens with zero attached hydrogens (tertiary/aromatic N) is 5. The highest BCUT2D eigenvalue weighted by Gasteiger charge is 2.47. The first kappa shape index (κ1) is 24.8. The quantitative estimate of drug-likeness (QED) is 0.491. The number of rotatable bonds is 7. The molecule has 0 unspecified atom stereocenters. The summed E-state index contributed by atoms with van der Waals surface area (Å²) in [6.07, 6.45) is 6.01. The topological polar surface area (TPSA) is 102 Å². The van der Waals surface area contributed by atoms with Gasteiger partial charge in [-0.15, -0.1) is 0 Å². The van der Waals surface area contributed by atoms with Crippen LogP contribution in [0.5, 0.6) is 0 Å². The van der Waals surface area contributed by atoms with E-state index < -0.39 is 5.82 Å². The number of piperidine rings is 1. The fourth-order valence-electron chi connectivity index (χ4n) is 7.39. The lowest BCUT2D eigenvalue weighted by Gasteiger charge is -2.44. The van der Waals surface area contributed by atoms with Crippen LogP contribution in [0.2, 0.25) is 0 Å². The van der Waals surface area contributed by atoms with Crippen LogP contribution in [-0.4, -0.2) is 56.3 Å². The number of hydrogen-bond acceptors (Lipinski definition) is 5. The molecule has 3 aromatic rings. The molecule has 0 radical (unpaired) electrons. The second-order valence-electron chi connectivity index (χ2n) is 12.5. The second kappa shape index (κ2) is 8.90. The molecule has 8 nitrogen and oxygen atoms in total. The minimum atomic E-state index is -0.446. The number of carbonyl (C=O) groups is 1. The standard InChI is InChI=1S/C30H35FN6O2/c1-30(39-2)11-18(12-30)15-37-27-22(31)9-20(29(38)36-16-19-5-7-24(36)26(19)33)10-23(27)34-28(37)25-8-6-21(13-32)35(25)14-17-3-4-17/h6,8-10,17-19,24,26H,3-5,7,11-12,14-16,33H2,1-2H3/t18-,19-,24-,26-,30+/m1/s1. The normalized spacial score (nSPS) is 29.7. The molecule has 7 rings (SSSR count). The van der Waals surface area contributed by atoms with Gasteiger partial charge in [-0.2, -0.15) is 5.26 Å². The zero-order valence-corrected chi connectivity index (χ0v) is 22.6. The van der Waals surface area contributed by atoms with Gasteiger partial charge in [0.2, 0.25) is 0 Å². The van der Waals surface area contributed by atoms with E-state index in [2.05, 4.69) is 13.0 Å². The maximum Gasteiger partial charge on any atom is 0.254 e. The van der Waals surface area contributed by atoms with E-state index in [0.717, 1.165) is 50.8 Å². The number of benzene rings is 1. The van der Waals surface area contributed by atoms with E-state index in [1.54, 1.807) is 13.2 Å². The van der Waals surface area contributed by atoms with Crippen LogP contribution in [0.15, 0.2) is 24.3 Å². The summed E-state index contributed by atoms with van der Waals surface area (Å²) in [6, 6.07) is 9.19. The molecule has 1 aliphatic heterocycles. The van der Waals surface area contributed by atoms with Gasteiger partial charge in [-0.3, -0.25) is 4.79 Å². The third kappa shape index (κ3) is 3.99. The first-order valence-electron chi connectivity index (χ1n) is 14.2. The van der Waals surface area contributed by atoms with Gasteiger partial charge >= 0.3 is 0 Å². The summed E-state index contributed by atoms with van der Waals surface area (Å²) in [7, 11) is 1.74. The van der Waals surface area contributed by atoms with Gasteiger partial charge in [-0.05, 0) is 87.5 Å². The third-order valence-electron chi connectivity index (χ3n) is 9.79. The van der Waals surface area contributed by atoms with Gasteiger partial charge < -0.3 is 24.5 Å². The Morgan fingerprint density at radius 3 is 2.59 bits per heavy atom. The van der Waals surface area contributed by atoms with Gasteiger partial charge in [-0.25, -0.2) is 9.37 Å². The minimum absolute atomic E-state index is 0.00202. The van der Waals surface area contributed by atoms with Gasteiger partial charge in [0, 0.05) is 44.4 Å². The maximum absolute atomic E-state index is 16.0. The van der Waals surface area contributed by atoms with Gasteiger partial charge in [0.05, 0.1) is 16.8 Å². The lowest BCUT2D eigenvalue weighted by molar-refractivity contribution is -0.0937. The number of likely N-dealkylation sites (tertiary alicyclic amines) is 1. The Balaban J connectivity index is 1.31. The molecule has 3 heterocycles. The number of methoxy groups -OCH3 is 1. The molecule has 1 saturated heterocycles. The smallest absolute Gasteiger partial charge is 0.254 e. The van der Waals surface area contributed by atoms with Gasteiger partial charge in [0.15, 0.2) is 5.82 Å². The van der Waals surface area contributed by atoms with Crippen molar-refractivity contribution in [1.29, 1.82) is 5.26 Å². The largest absolute Gasteiger partial charge is 0.379 e. The number of imidazole rings is 1. The summed E-state index contributed by atoms with van der Waals surface area (Å²) >= 11 is 0. The molecule has 4 aliphatic rings. The van der Waals surface area contributed by atoms with E-state index >= 15 is 4.39 Å². The average molecular weight is 531 g/mol. The Kier molecular flexibility index (Phi) is 5.66. The first-order chi connectivity index (χ1) is 18.8. The van der Waals surface area contributed by atoms with E-state index in [1.807, 2.05) is 26.2 Å². The molecular formula is C30H35FN6O2. The lowest BCUT2D eigenvalue weighted by Crippen LogP contribution is -2.44. The van der Waals surface area contributed by atoms with Crippen LogP contribution < -0.4 is 5.73 Å². The van der Waals surface area contributed by atoms with Crippen molar-refractivity contribution in [1.82, 2.24) is 19.0 Å². The fourth-order valence-corrected chi connectivity index (χ4v) is 7.39. The molecule has 3 saturated carbocycles. The Labute approximate surface area is 227 Å². The van der Waals surface area contributed by atoms with Crippen LogP contribution >= 0.6 is 0 Å². The number of carbonyl (C=O) groups excluding carboxylic acids is 1. The molecule has 0 spiro atoms. The van der Waals surface area contributed by atoms with Gasteiger partial charge in [0.1, 0.15) is 23.1 Å². The lowest BCUT2D eigenvalue weighted by atomic mass is 9.72. The van der Waals surface area contributed by atoms with Crippen molar-refractivity contribution in [2.45, 2.75) is 76.2 Å². The van der Waals surface area contributed by atoms with Crippen molar-refractivity contribution >= 4 is 16.9 Å². The number of ether oxygens (including phenoxy) is 1. The number of aromatic nitrogens is 3. The number of amides is 1. The maximum atomic E-state index is 16.0. The number of hydrogen-bond donors (Lipinski definition) is 1. The minimum Gasteiger partial charge on any atom is -0.379 e. The molecular weight excluding hydrogens is 495 g/mol. The Morgan fingerprint density at radius 2 is 1.95 bits per heavy atom.